The summed E-state index contributed by atoms with van der Waals surface area (Å²) >= 11 is 0. The smallest absolute Gasteiger partial charge is 0.411 e. The Labute approximate surface area is 173 Å². The molecule has 2 amide bonds. The lowest BCUT2D eigenvalue weighted by molar-refractivity contribution is -0.130. The maximum absolute atomic E-state index is 13.0. The molecule has 8 heteroatoms. The molecule has 162 valence electrons. The third kappa shape index (κ3) is 4.86. The highest BCUT2D eigenvalue weighted by molar-refractivity contribution is 5.70. The Morgan fingerprint density at radius 3 is 2.45 bits per heavy atom. The number of hydrogen-bond acceptors (Lipinski definition) is 6. The van der Waals surface area contributed by atoms with E-state index in [1.807, 2.05) is 41.5 Å². The Morgan fingerprint density at radius 1 is 1.38 bits per heavy atom. The van der Waals surface area contributed by atoms with Gasteiger partial charge in [0.15, 0.2) is 5.82 Å². The molecule has 5 unspecified atom stereocenters. The predicted molar refractivity (Wildman–Crippen MR) is 109 cm³/mol. The van der Waals surface area contributed by atoms with Crippen molar-refractivity contribution >= 4 is 12.5 Å². The van der Waals surface area contributed by atoms with E-state index in [0.29, 0.717) is 18.7 Å². The molecule has 2 rings (SSSR count). The minimum Gasteiger partial charge on any atom is -0.444 e. The average molecular weight is 407 g/mol. The lowest BCUT2D eigenvalue weighted by Gasteiger charge is -2.47. The van der Waals surface area contributed by atoms with Crippen LogP contribution in [0.25, 0.3) is 0 Å². The molecule has 0 bridgehead atoms. The van der Waals surface area contributed by atoms with Gasteiger partial charge in [0, 0.05) is 18.4 Å². The standard InChI is InChI=1S/C21H34N4O4/c1-14-9-10-21(7,25(14)19(28)29-20(4,5)6)16(3)24(13-26)17(15(2)27)18-22-11-8-12-23-18/h8,11-17,27H,9-10H2,1-7H3. The second-order valence-corrected chi connectivity index (χ2v) is 9.12. The van der Waals surface area contributed by atoms with Gasteiger partial charge in [-0.3, -0.25) is 9.69 Å². The number of aromatic nitrogens is 2. The first-order valence-corrected chi connectivity index (χ1v) is 10.1. The van der Waals surface area contributed by atoms with E-state index >= 15 is 0 Å². The number of likely N-dealkylation sites (tertiary alicyclic amines) is 1. The molecule has 0 saturated carbocycles. The summed E-state index contributed by atoms with van der Waals surface area (Å²) in [7, 11) is 0. The van der Waals surface area contributed by atoms with E-state index in [4.69, 9.17) is 4.74 Å². The quantitative estimate of drug-likeness (QED) is 0.730. The molecule has 8 nitrogen and oxygen atoms in total. The predicted octanol–water partition coefficient (Wildman–Crippen LogP) is 2.92. The highest BCUT2D eigenvalue weighted by atomic mass is 16.6. The van der Waals surface area contributed by atoms with Crippen molar-refractivity contribution in [1.82, 2.24) is 19.8 Å². The van der Waals surface area contributed by atoms with Gasteiger partial charge in [0.25, 0.3) is 0 Å². The first-order valence-electron chi connectivity index (χ1n) is 10.1. The largest absolute Gasteiger partial charge is 0.444 e. The summed E-state index contributed by atoms with van der Waals surface area (Å²) in [6, 6.07) is 0.531. The molecule has 1 aromatic heterocycles. The summed E-state index contributed by atoms with van der Waals surface area (Å²) in [4.78, 5) is 36.9. The van der Waals surface area contributed by atoms with E-state index in [0.717, 1.165) is 6.42 Å². The third-order valence-corrected chi connectivity index (χ3v) is 5.75. The van der Waals surface area contributed by atoms with E-state index in [1.54, 1.807) is 30.3 Å². The third-order valence-electron chi connectivity index (χ3n) is 5.75. The van der Waals surface area contributed by atoms with E-state index < -0.39 is 35.4 Å². The molecule has 1 aliphatic heterocycles. The van der Waals surface area contributed by atoms with Gasteiger partial charge in [0.05, 0.1) is 17.7 Å². The fraction of sp³-hybridized carbons (Fsp3) is 0.714. The van der Waals surface area contributed by atoms with Gasteiger partial charge in [-0.1, -0.05) is 0 Å². The van der Waals surface area contributed by atoms with Crippen LogP contribution in [0.5, 0.6) is 0 Å². The van der Waals surface area contributed by atoms with Crippen LogP contribution in [0.3, 0.4) is 0 Å². The lowest BCUT2D eigenvalue weighted by Crippen LogP contribution is -2.61. The van der Waals surface area contributed by atoms with E-state index in [1.165, 1.54) is 4.90 Å². The van der Waals surface area contributed by atoms with Crippen molar-refractivity contribution < 1.29 is 19.4 Å². The molecule has 1 aromatic rings. The highest BCUT2D eigenvalue weighted by Crippen LogP contribution is 2.41. The van der Waals surface area contributed by atoms with E-state index in [9.17, 15) is 14.7 Å². The van der Waals surface area contributed by atoms with Crippen LogP contribution < -0.4 is 0 Å². The summed E-state index contributed by atoms with van der Waals surface area (Å²) < 4.78 is 5.65. The molecule has 0 aromatic carbocycles. The molecule has 0 aliphatic carbocycles. The zero-order valence-electron chi connectivity index (χ0n) is 18.5. The Bertz CT molecular complexity index is 706. The monoisotopic (exact) mass is 406 g/mol. The van der Waals surface area contributed by atoms with E-state index in [-0.39, 0.29) is 6.04 Å². The Kier molecular flexibility index (Phi) is 6.88. The topological polar surface area (TPSA) is 95.9 Å². The number of ether oxygens (including phenoxy) is 1. The van der Waals surface area contributed by atoms with Crippen molar-refractivity contribution in [3.63, 3.8) is 0 Å². The maximum Gasteiger partial charge on any atom is 0.411 e. The first-order chi connectivity index (χ1) is 13.4. The van der Waals surface area contributed by atoms with Gasteiger partial charge >= 0.3 is 6.09 Å². The Hall–Kier alpha value is -2.22. The van der Waals surface area contributed by atoms with Crippen molar-refractivity contribution in [1.29, 1.82) is 0 Å². The van der Waals surface area contributed by atoms with Gasteiger partial charge in [-0.05, 0) is 67.4 Å². The number of aliphatic hydroxyl groups is 1. The number of amides is 2. The summed E-state index contributed by atoms with van der Waals surface area (Å²) in [5.41, 5.74) is -1.28. The SMILES string of the molecule is CC(O)C(c1ncccn1)N(C=O)C(C)C1(C)CCC(C)N1C(=O)OC(C)(C)C. The van der Waals surface area contributed by atoms with Crippen LogP contribution >= 0.6 is 0 Å². The normalized spacial score (nSPS) is 25.2. The highest BCUT2D eigenvalue weighted by Gasteiger charge is 2.51. The molecule has 1 N–H and O–H groups in total. The minimum atomic E-state index is -0.887. The number of carbonyl (C=O) groups is 2. The van der Waals surface area contributed by atoms with Crippen LogP contribution in [0.15, 0.2) is 18.5 Å². The van der Waals surface area contributed by atoms with Crippen molar-refractivity contribution in [2.45, 2.75) is 96.7 Å². The molecule has 1 fully saturated rings. The molecule has 5 atom stereocenters. The molecule has 29 heavy (non-hydrogen) atoms. The fourth-order valence-electron chi connectivity index (χ4n) is 4.14. The lowest BCUT2D eigenvalue weighted by atomic mass is 9.88. The van der Waals surface area contributed by atoms with E-state index in [2.05, 4.69) is 9.97 Å². The molecular weight excluding hydrogens is 372 g/mol. The average Bonchev–Trinajstić information content (AvgIpc) is 2.93. The summed E-state index contributed by atoms with van der Waals surface area (Å²) in [5.74, 6) is 0.361. The fourth-order valence-corrected chi connectivity index (χ4v) is 4.14. The summed E-state index contributed by atoms with van der Waals surface area (Å²) in [6.07, 6.45) is 4.10. The Morgan fingerprint density at radius 2 is 1.97 bits per heavy atom. The molecule has 1 saturated heterocycles. The van der Waals surface area contributed by atoms with Gasteiger partial charge in [0.2, 0.25) is 6.41 Å². The van der Waals surface area contributed by atoms with Crippen LogP contribution in [-0.4, -0.2) is 66.7 Å². The second kappa shape index (κ2) is 8.65. The second-order valence-electron chi connectivity index (χ2n) is 9.12. The molecular formula is C21H34N4O4. The number of rotatable bonds is 6. The number of aliphatic hydroxyl groups excluding tert-OH is 1. The summed E-state index contributed by atoms with van der Waals surface area (Å²) in [6.45, 7) is 12.9. The van der Waals surface area contributed by atoms with Crippen LogP contribution in [-0.2, 0) is 9.53 Å². The van der Waals surface area contributed by atoms with Crippen molar-refractivity contribution in [3.8, 4) is 0 Å². The molecule has 2 heterocycles. The zero-order valence-corrected chi connectivity index (χ0v) is 18.5. The molecule has 0 spiro atoms. The van der Waals surface area contributed by atoms with Gasteiger partial charge in [-0.2, -0.15) is 0 Å². The number of nitrogens with zero attached hydrogens (tertiary/aromatic N) is 4. The zero-order chi connectivity index (χ0) is 22.0. The number of carbonyl (C=O) groups excluding carboxylic acids is 2. The van der Waals surface area contributed by atoms with Crippen LogP contribution in [0.2, 0.25) is 0 Å². The van der Waals surface area contributed by atoms with Crippen molar-refractivity contribution in [3.05, 3.63) is 24.3 Å². The van der Waals surface area contributed by atoms with Gasteiger partial charge in [0.1, 0.15) is 11.6 Å². The molecule has 0 radical (unpaired) electrons. The molecule has 1 aliphatic rings. The van der Waals surface area contributed by atoms with Crippen molar-refractivity contribution in [2.75, 3.05) is 0 Å². The Balaban J connectivity index is 2.40. The van der Waals surface area contributed by atoms with Crippen LogP contribution in [0.1, 0.15) is 73.2 Å². The van der Waals surface area contributed by atoms with Gasteiger partial charge in [-0.25, -0.2) is 14.8 Å². The maximum atomic E-state index is 13.0. The summed E-state index contributed by atoms with van der Waals surface area (Å²) in [5, 5.41) is 10.4. The minimum absolute atomic E-state index is 0.0243. The van der Waals surface area contributed by atoms with Crippen molar-refractivity contribution in [2.24, 2.45) is 0 Å². The first kappa shape index (κ1) is 23.1. The van der Waals surface area contributed by atoms with Gasteiger partial charge < -0.3 is 14.7 Å². The van der Waals surface area contributed by atoms with Gasteiger partial charge in [-0.15, -0.1) is 0 Å². The van der Waals surface area contributed by atoms with Crippen LogP contribution in [0.4, 0.5) is 4.79 Å². The van der Waals surface area contributed by atoms with Crippen LogP contribution in [0, 0.1) is 0 Å². The number of hydrogen-bond donors (Lipinski definition) is 1.